The summed E-state index contributed by atoms with van der Waals surface area (Å²) in [4.78, 5) is 29.9. The Bertz CT molecular complexity index is 392. The van der Waals surface area contributed by atoms with Crippen molar-refractivity contribution in [3.05, 3.63) is 24.3 Å². The summed E-state index contributed by atoms with van der Waals surface area (Å²) in [5.41, 5.74) is 0.00232. The van der Waals surface area contributed by atoms with E-state index in [9.17, 15) is 9.59 Å². The zero-order chi connectivity index (χ0) is 12.8. The first-order valence-corrected chi connectivity index (χ1v) is 5.20. The maximum atomic E-state index is 11.6. The molecule has 1 rings (SSSR count). The van der Waals surface area contributed by atoms with Crippen molar-refractivity contribution >= 4 is 11.9 Å². The van der Waals surface area contributed by atoms with E-state index in [1.165, 1.54) is 18.6 Å². The number of ether oxygens (including phenoxy) is 1. The van der Waals surface area contributed by atoms with Crippen molar-refractivity contribution in [1.82, 2.24) is 9.97 Å². The molecular formula is C11H14N2O4. The first-order valence-electron chi connectivity index (χ1n) is 5.20. The molecule has 0 fully saturated rings. The van der Waals surface area contributed by atoms with Crippen LogP contribution in [0.2, 0.25) is 0 Å². The normalized spacial score (nSPS) is 12.2. The molecule has 0 saturated heterocycles. The monoisotopic (exact) mass is 238 g/mol. The van der Waals surface area contributed by atoms with E-state index in [0.29, 0.717) is 0 Å². The zero-order valence-electron chi connectivity index (χ0n) is 9.66. The summed E-state index contributed by atoms with van der Waals surface area (Å²) in [6.45, 7) is 3.71. The molecule has 1 aromatic rings. The molecule has 92 valence electrons. The Morgan fingerprint density at radius 1 is 1.41 bits per heavy atom. The minimum atomic E-state index is -1.16. The van der Waals surface area contributed by atoms with Gasteiger partial charge < -0.3 is 9.84 Å². The summed E-state index contributed by atoms with van der Waals surface area (Å²) in [5, 5.41) is 8.90. The average Bonchev–Trinajstić information content (AvgIpc) is 2.28. The maximum Gasteiger partial charge on any atom is 0.359 e. The number of carbonyl (C=O) groups excluding carboxylic acids is 1. The van der Waals surface area contributed by atoms with Crippen LogP contribution in [0.1, 0.15) is 30.8 Å². The van der Waals surface area contributed by atoms with E-state index < -0.39 is 18.0 Å². The minimum absolute atomic E-state index is 0.00232. The molecular weight excluding hydrogens is 224 g/mol. The standard InChI is InChI=1S/C11H14N2O4/c1-7(2)5-9(10(14)15)17-11(16)8-6-12-3-4-13-8/h3-4,6-7,9H,5H2,1-2H3,(H,14,15)/t9-/m1/s1. The van der Waals surface area contributed by atoms with Gasteiger partial charge in [-0.3, -0.25) is 4.98 Å². The van der Waals surface area contributed by atoms with Crippen LogP contribution in [0.25, 0.3) is 0 Å². The third-order valence-corrected chi connectivity index (χ3v) is 1.98. The van der Waals surface area contributed by atoms with Gasteiger partial charge in [0.05, 0.1) is 6.20 Å². The second kappa shape index (κ2) is 5.93. The van der Waals surface area contributed by atoms with Gasteiger partial charge in [0.25, 0.3) is 0 Å². The van der Waals surface area contributed by atoms with Crippen molar-refractivity contribution in [2.45, 2.75) is 26.4 Å². The highest BCUT2D eigenvalue weighted by molar-refractivity contribution is 5.89. The van der Waals surface area contributed by atoms with Gasteiger partial charge in [0.2, 0.25) is 0 Å². The van der Waals surface area contributed by atoms with E-state index in [4.69, 9.17) is 9.84 Å². The quantitative estimate of drug-likeness (QED) is 0.773. The van der Waals surface area contributed by atoms with Gasteiger partial charge >= 0.3 is 11.9 Å². The average molecular weight is 238 g/mol. The Hall–Kier alpha value is -1.98. The van der Waals surface area contributed by atoms with Gasteiger partial charge in [-0.2, -0.15) is 0 Å². The molecule has 17 heavy (non-hydrogen) atoms. The van der Waals surface area contributed by atoms with Crippen molar-refractivity contribution in [2.24, 2.45) is 5.92 Å². The molecule has 0 saturated carbocycles. The molecule has 0 spiro atoms. The highest BCUT2D eigenvalue weighted by Gasteiger charge is 2.24. The number of aromatic nitrogens is 2. The third kappa shape index (κ3) is 4.18. The smallest absolute Gasteiger partial charge is 0.359 e. The summed E-state index contributed by atoms with van der Waals surface area (Å²) in [6.07, 6.45) is 3.11. The Morgan fingerprint density at radius 3 is 2.59 bits per heavy atom. The molecule has 1 N–H and O–H groups in total. The lowest BCUT2D eigenvalue weighted by Crippen LogP contribution is -2.28. The van der Waals surface area contributed by atoms with Crippen LogP contribution in [0.15, 0.2) is 18.6 Å². The van der Waals surface area contributed by atoms with Crippen LogP contribution < -0.4 is 0 Å². The predicted molar refractivity (Wildman–Crippen MR) is 58.3 cm³/mol. The molecule has 0 unspecified atom stereocenters. The molecule has 1 aromatic heterocycles. The Balaban J connectivity index is 2.68. The number of nitrogens with zero attached hydrogens (tertiary/aromatic N) is 2. The van der Waals surface area contributed by atoms with E-state index in [1.807, 2.05) is 13.8 Å². The predicted octanol–water partition coefficient (Wildman–Crippen LogP) is 1.13. The molecule has 0 aliphatic heterocycles. The van der Waals surface area contributed by atoms with Gasteiger partial charge in [0.15, 0.2) is 11.8 Å². The summed E-state index contributed by atoms with van der Waals surface area (Å²) in [5.74, 6) is -1.81. The van der Waals surface area contributed by atoms with Crippen LogP contribution in [0.3, 0.4) is 0 Å². The number of hydrogen-bond acceptors (Lipinski definition) is 5. The molecule has 0 aliphatic rings. The van der Waals surface area contributed by atoms with Gasteiger partial charge in [-0.25, -0.2) is 14.6 Å². The van der Waals surface area contributed by atoms with Crippen molar-refractivity contribution in [2.75, 3.05) is 0 Å². The largest absolute Gasteiger partial charge is 0.479 e. The summed E-state index contributed by atoms with van der Waals surface area (Å²) in [7, 11) is 0. The van der Waals surface area contributed by atoms with Crippen molar-refractivity contribution in [3.8, 4) is 0 Å². The van der Waals surface area contributed by atoms with E-state index in [1.54, 1.807) is 0 Å². The Morgan fingerprint density at radius 2 is 2.12 bits per heavy atom. The highest BCUT2D eigenvalue weighted by Crippen LogP contribution is 2.10. The zero-order valence-corrected chi connectivity index (χ0v) is 9.66. The van der Waals surface area contributed by atoms with Gasteiger partial charge in [0.1, 0.15) is 0 Å². The number of carboxylic acid groups (broad SMARTS) is 1. The molecule has 0 radical (unpaired) electrons. The lowest BCUT2D eigenvalue weighted by molar-refractivity contribution is -0.148. The molecule has 0 amide bonds. The Labute approximate surface area is 98.7 Å². The fraction of sp³-hybridized carbons (Fsp3) is 0.455. The molecule has 1 atom stereocenters. The molecule has 0 bridgehead atoms. The van der Waals surface area contributed by atoms with Gasteiger partial charge in [-0.1, -0.05) is 13.8 Å². The van der Waals surface area contributed by atoms with Gasteiger partial charge in [-0.15, -0.1) is 0 Å². The van der Waals surface area contributed by atoms with Crippen molar-refractivity contribution in [1.29, 1.82) is 0 Å². The number of carbonyl (C=O) groups is 2. The van der Waals surface area contributed by atoms with Crippen molar-refractivity contribution < 1.29 is 19.4 Å². The van der Waals surface area contributed by atoms with E-state index in [2.05, 4.69) is 9.97 Å². The molecule has 1 heterocycles. The van der Waals surface area contributed by atoms with E-state index in [0.717, 1.165) is 0 Å². The SMILES string of the molecule is CC(C)C[C@@H](OC(=O)c1cnccn1)C(=O)O. The second-order valence-electron chi connectivity index (χ2n) is 3.95. The fourth-order valence-electron chi connectivity index (χ4n) is 1.22. The minimum Gasteiger partial charge on any atom is -0.479 e. The number of aliphatic carboxylic acids is 1. The van der Waals surface area contributed by atoms with E-state index >= 15 is 0 Å². The first-order chi connectivity index (χ1) is 8.00. The molecule has 6 heteroatoms. The number of hydrogen-bond donors (Lipinski definition) is 1. The lowest BCUT2D eigenvalue weighted by atomic mass is 10.1. The Kier molecular flexibility index (Phi) is 4.56. The van der Waals surface area contributed by atoms with E-state index in [-0.39, 0.29) is 18.0 Å². The molecule has 0 aliphatic carbocycles. The third-order valence-electron chi connectivity index (χ3n) is 1.98. The summed E-state index contributed by atoms with van der Waals surface area (Å²) < 4.78 is 4.87. The van der Waals surface area contributed by atoms with Gasteiger partial charge in [0, 0.05) is 12.4 Å². The maximum absolute atomic E-state index is 11.6. The second-order valence-corrected chi connectivity index (χ2v) is 3.95. The number of esters is 1. The fourth-order valence-corrected chi connectivity index (χ4v) is 1.22. The van der Waals surface area contributed by atoms with Gasteiger partial charge in [-0.05, 0) is 12.3 Å². The van der Waals surface area contributed by atoms with Crippen LogP contribution in [-0.4, -0.2) is 33.1 Å². The lowest BCUT2D eigenvalue weighted by Gasteiger charge is -2.15. The van der Waals surface area contributed by atoms with Crippen LogP contribution in [0, 0.1) is 5.92 Å². The topological polar surface area (TPSA) is 89.4 Å². The van der Waals surface area contributed by atoms with Crippen LogP contribution >= 0.6 is 0 Å². The number of rotatable bonds is 5. The summed E-state index contributed by atoms with van der Waals surface area (Å²) >= 11 is 0. The first kappa shape index (κ1) is 13.1. The van der Waals surface area contributed by atoms with Crippen LogP contribution in [0.4, 0.5) is 0 Å². The number of carboxylic acids is 1. The summed E-state index contributed by atoms with van der Waals surface area (Å²) in [6, 6.07) is 0. The van der Waals surface area contributed by atoms with Crippen molar-refractivity contribution in [3.63, 3.8) is 0 Å². The van der Waals surface area contributed by atoms with Crippen LogP contribution in [-0.2, 0) is 9.53 Å². The molecule has 0 aromatic carbocycles. The molecule has 6 nitrogen and oxygen atoms in total. The van der Waals surface area contributed by atoms with Crippen LogP contribution in [0.5, 0.6) is 0 Å². The highest BCUT2D eigenvalue weighted by atomic mass is 16.6.